The number of nitrogens with one attached hydrogen (secondary N) is 1. The zero-order chi connectivity index (χ0) is 12.1. The van der Waals surface area contributed by atoms with Crippen molar-refractivity contribution < 1.29 is 0 Å². The molecule has 0 spiro atoms. The number of hydrogen-bond acceptors (Lipinski definition) is 2. The average molecular weight is 236 g/mol. The van der Waals surface area contributed by atoms with Crippen molar-refractivity contribution >= 4 is 0 Å². The molecule has 2 saturated carbocycles. The van der Waals surface area contributed by atoms with E-state index in [2.05, 4.69) is 31.0 Å². The molecule has 2 nitrogen and oxygen atoms in total. The van der Waals surface area contributed by atoms with Gasteiger partial charge in [0.25, 0.3) is 0 Å². The Morgan fingerprint density at radius 1 is 1.00 bits per heavy atom. The molecule has 1 N–H and O–H groups in total. The molecule has 0 aromatic heterocycles. The van der Waals surface area contributed by atoms with E-state index in [0.29, 0.717) is 11.1 Å². The first kappa shape index (κ1) is 12.0. The Hall–Kier alpha value is -0.0800. The van der Waals surface area contributed by atoms with E-state index in [0.717, 1.165) is 12.0 Å². The molecule has 1 saturated heterocycles. The van der Waals surface area contributed by atoms with E-state index in [9.17, 15) is 0 Å². The molecule has 3 aliphatic rings. The lowest BCUT2D eigenvalue weighted by Gasteiger charge is -2.54. The molecule has 3 rings (SSSR count). The summed E-state index contributed by atoms with van der Waals surface area (Å²) in [6.45, 7) is 9.68. The van der Waals surface area contributed by atoms with Crippen LogP contribution in [0.15, 0.2) is 0 Å². The summed E-state index contributed by atoms with van der Waals surface area (Å²) in [5, 5.41) is 3.78. The van der Waals surface area contributed by atoms with E-state index in [-0.39, 0.29) is 0 Å². The zero-order valence-corrected chi connectivity index (χ0v) is 11.8. The van der Waals surface area contributed by atoms with Gasteiger partial charge in [0.15, 0.2) is 0 Å². The number of hydrogen-bond donors (Lipinski definition) is 1. The maximum atomic E-state index is 3.78. The predicted octanol–water partition coefficient (Wildman–Crippen LogP) is 2.78. The van der Waals surface area contributed by atoms with Crippen LogP contribution < -0.4 is 5.32 Å². The predicted molar refractivity (Wildman–Crippen MR) is 72.2 cm³/mol. The third-order valence-electron chi connectivity index (χ3n) is 5.37. The summed E-state index contributed by atoms with van der Waals surface area (Å²) in [5.41, 5.74) is 0.752. The van der Waals surface area contributed by atoms with Crippen LogP contribution >= 0.6 is 0 Å². The SMILES string of the molecule is CC1(C)CN(C2CCCC2)C(C)(C2CC2)CN1. The van der Waals surface area contributed by atoms with Gasteiger partial charge in [0.1, 0.15) is 0 Å². The molecule has 1 aliphatic heterocycles. The van der Waals surface area contributed by atoms with Crippen LogP contribution in [0.25, 0.3) is 0 Å². The molecule has 0 amide bonds. The number of rotatable bonds is 2. The van der Waals surface area contributed by atoms with Crippen LogP contribution in [-0.2, 0) is 0 Å². The molecule has 3 fully saturated rings. The van der Waals surface area contributed by atoms with Gasteiger partial charge in [-0.1, -0.05) is 12.8 Å². The molecule has 2 aliphatic carbocycles. The minimum absolute atomic E-state index is 0.303. The van der Waals surface area contributed by atoms with Crippen molar-refractivity contribution in [1.82, 2.24) is 10.2 Å². The molecule has 0 radical (unpaired) electrons. The van der Waals surface area contributed by atoms with E-state index >= 15 is 0 Å². The van der Waals surface area contributed by atoms with Gasteiger partial charge in [-0.2, -0.15) is 0 Å². The Kier molecular flexibility index (Phi) is 2.79. The van der Waals surface area contributed by atoms with Crippen LogP contribution in [0, 0.1) is 5.92 Å². The van der Waals surface area contributed by atoms with Crippen molar-refractivity contribution in [2.45, 2.75) is 76.4 Å². The molecular weight excluding hydrogens is 208 g/mol. The quantitative estimate of drug-likeness (QED) is 0.793. The fourth-order valence-corrected chi connectivity index (χ4v) is 4.03. The summed E-state index contributed by atoms with van der Waals surface area (Å²) >= 11 is 0. The third kappa shape index (κ3) is 2.15. The smallest absolute Gasteiger partial charge is 0.0337 e. The van der Waals surface area contributed by atoms with E-state index in [1.807, 2.05) is 0 Å². The second-order valence-electron chi connectivity index (χ2n) is 7.44. The molecule has 17 heavy (non-hydrogen) atoms. The minimum Gasteiger partial charge on any atom is -0.309 e. The third-order valence-corrected chi connectivity index (χ3v) is 5.37. The van der Waals surface area contributed by atoms with Gasteiger partial charge in [-0.15, -0.1) is 0 Å². The Balaban J connectivity index is 1.81. The monoisotopic (exact) mass is 236 g/mol. The second-order valence-corrected chi connectivity index (χ2v) is 7.44. The Morgan fingerprint density at radius 3 is 2.24 bits per heavy atom. The van der Waals surface area contributed by atoms with Crippen molar-refractivity contribution in [3.8, 4) is 0 Å². The van der Waals surface area contributed by atoms with Gasteiger partial charge in [-0.05, 0) is 52.4 Å². The maximum absolute atomic E-state index is 3.78. The highest BCUT2D eigenvalue weighted by molar-refractivity contribution is 5.09. The minimum atomic E-state index is 0.303. The van der Waals surface area contributed by atoms with Crippen molar-refractivity contribution in [3.05, 3.63) is 0 Å². The highest BCUT2D eigenvalue weighted by Crippen LogP contribution is 2.47. The van der Waals surface area contributed by atoms with Crippen LogP contribution in [0.3, 0.4) is 0 Å². The van der Waals surface area contributed by atoms with Gasteiger partial charge < -0.3 is 5.32 Å². The topological polar surface area (TPSA) is 15.3 Å². The summed E-state index contributed by atoms with van der Waals surface area (Å²) < 4.78 is 0. The van der Waals surface area contributed by atoms with Gasteiger partial charge in [0.05, 0.1) is 0 Å². The van der Waals surface area contributed by atoms with Crippen LogP contribution in [0.2, 0.25) is 0 Å². The van der Waals surface area contributed by atoms with Crippen molar-refractivity contribution in [1.29, 1.82) is 0 Å². The number of nitrogens with zero attached hydrogens (tertiary/aromatic N) is 1. The summed E-state index contributed by atoms with van der Waals surface area (Å²) in [6, 6.07) is 0.877. The van der Waals surface area contributed by atoms with Gasteiger partial charge in [0.2, 0.25) is 0 Å². The highest BCUT2D eigenvalue weighted by atomic mass is 15.3. The molecule has 0 aromatic carbocycles. The Labute approximate surface area is 106 Å². The van der Waals surface area contributed by atoms with E-state index < -0.39 is 0 Å². The van der Waals surface area contributed by atoms with Gasteiger partial charge in [0, 0.05) is 30.2 Å². The van der Waals surface area contributed by atoms with Crippen LogP contribution in [0.4, 0.5) is 0 Å². The summed E-state index contributed by atoms with van der Waals surface area (Å²) in [5.74, 6) is 0.965. The van der Waals surface area contributed by atoms with Crippen molar-refractivity contribution in [3.63, 3.8) is 0 Å². The van der Waals surface area contributed by atoms with E-state index in [1.54, 1.807) is 0 Å². The van der Waals surface area contributed by atoms with Gasteiger partial charge in [-0.3, -0.25) is 4.90 Å². The van der Waals surface area contributed by atoms with E-state index in [4.69, 9.17) is 0 Å². The molecule has 0 bridgehead atoms. The Morgan fingerprint density at radius 2 is 1.65 bits per heavy atom. The molecule has 1 atom stereocenters. The molecular formula is C15H28N2. The molecule has 1 unspecified atom stereocenters. The first-order valence-electron chi connectivity index (χ1n) is 7.53. The molecule has 2 heteroatoms. The maximum Gasteiger partial charge on any atom is 0.0337 e. The summed E-state index contributed by atoms with van der Waals surface area (Å²) in [4.78, 5) is 2.90. The normalized spacial score (nSPS) is 39.7. The van der Waals surface area contributed by atoms with Crippen molar-refractivity contribution in [2.75, 3.05) is 13.1 Å². The first-order valence-corrected chi connectivity index (χ1v) is 7.53. The second kappa shape index (κ2) is 3.96. The fourth-order valence-electron chi connectivity index (χ4n) is 4.03. The first-order chi connectivity index (χ1) is 8.01. The summed E-state index contributed by atoms with van der Waals surface area (Å²) in [6.07, 6.45) is 8.71. The lowest BCUT2D eigenvalue weighted by molar-refractivity contribution is -0.0198. The van der Waals surface area contributed by atoms with Gasteiger partial charge >= 0.3 is 0 Å². The Bertz CT molecular complexity index is 289. The lowest BCUT2D eigenvalue weighted by atomic mass is 9.84. The molecule has 98 valence electrons. The van der Waals surface area contributed by atoms with Crippen molar-refractivity contribution in [2.24, 2.45) is 5.92 Å². The van der Waals surface area contributed by atoms with Crippen LogP contribution in [0.5, 0.6) is 0 Å². The lowest BCUT2D eigenvalue weighted by Crippen LogP contribution is -2.69. The average Bonchev–Trinajstić information content (AvgIpc) is 3.00. The number of piperazine rings is 1. The largest absolute Gasteiger partial charge is 0.309 e. The zero-order valence-electron chi connectivity index (χ0n) is 11.8. The van der Waals surface area contributed by atoms with Crippen LogP contribution in [-0.4, -0.2) is 35.1 Å². The molecule has 1 heterocycles. The van der Waals surface area contributed by atoms with Gasteiger partial charge in [-0.25, -0.2) is 0 Å². The van der Waals surface area contributed by atoms with E-state index in [1.165, 1.54) is 51.6 Å². The highest BCUT2D eigenvalue weighted by Gasteiger charge is 2.51. The summed E-state index contributed by atoms with van der Waals surface area (Å²) in [7, 11) is 0. The molecule has 0 aromatic rings. The fraction of sp³-hybridized carbons (Fsp3) is 1.00. The standard InChI is InChI=1S/C15H28N2/c1-14(2)11-17(13-6-4-5-7-13)15(3,10-16-14)12-8-9-12/h12-13,16H,4-11H2,1-3H3. The van der Waals surface area contributed by atoms with Crippen LogP contribution in [0.1, 0.15) is 59.3 Å².